The van der Waals surface area contributed by atoms with E-state index < -0.39 is 17.2 Å². The number of anilines is 1. The Hall–Kier alpha value is -2.54. The van der Waals surface area contributed by atoms with Gasteiger partial charge in [-0.1, -0.05) is 18.2 Å². The summed E-state index contributed by atoms with van der Waals surface area (Å²) >= 11 is 0. The molecule has 7 heteroatoms. The first-order valence-corrected chi connectivity index (χ1v) is 8.11. The largest absolute Gasteiger partial charge is 0.388 e. The Morgan fingerprint density at radius 2 is 1.68 bits per heavy atom. The Morgan fingerprint density at radius 3 is 2.20 bits per heavy atom. The second-order valence-corrected chi connectivity index (χ2v) is 7.20. The highest BCUT2D eigenvalue weighted by Crippen LogP contribution is 2.21. The van der Waals surface area contributed by atoms with Crippen LogP contribution in [0.3, 0.4) is 0 Å². The zero-order valence-electron chi connectivity index (χ0n) is 15.5. The third kappa shape index (κ3) is 3.61. The van der Waals surface area contributed by atoms with Crippen LogP contribution < -0.4 is 16.2 Å². The molecule has 1 aromatic heterocycles. The highest BCUT2D eigenvalue weighted by Gasteiger charge is 2.36. The maximum absolute atomic E-state index is 12.8. The van der Waals surface area contributed by atoms with Crippen LogP contribution in [0.1, 0.15) is 33.4 Å². The van der Waals surface area contributed by atoms with Crippen molar-refractivity contribution in [3.63, 3.8) is 0 Å². The molecule has 0 aliphatic rings. The highest BCUT2D eigenvalue weighted by molar-refractivity contribution is 5.90. The SMILES string of the molecule is Cc1c(NC(=O)NC(C)(C)C(C)(C)O)c(=O)n(-c2ccccc2)n1C. The number of aromatic nitrogens is 2. The van der Waals surface area contributed by atoms with E-state index in [2.05, 4.69) is 10.6 Å². The minimum absolute atomic E-state index is 0.204. The maximum atomic E-state index is 12.8. The van der Waals surface area contributed by atoms with Gasteiger partial charge in [0.1, 0.15) is 5.69 Å². The number of hydrogen-bond acceptors (Lipinski definition) is 3. The van der Waals surface area contributed by atoms with Crippen LogP contribution in [0.25, 0.3) is 5.69 Å². The highest BCUT2D eigenvalue weighted by atomic mass is 16.3. The topological polar surface area (TPSA) is 88.3 Å². The van der Waals surface area contributed by atoms with Crippen molar-refractivity contribution in [1.82, 2.24) is 14.7 Å². The van der Waals surface area contributed by atoms with Crippen LogP contribution in [0.5, 0.6) is 0 Å². The molecule has 0 spiro atoms. The Balaban J connectivity index is 2.33. The first kappa shape index (κ1) is 18.8. The lowest BCUT2D eigenvalue weighted by Crippen LogP contribution is -2.58. The van der Waals surface area contributed by atoms with Gasteiger partial charge < -0.3 is 15.7 Å². The Kier molecular flexibility index (Phi) is 4.81. The van der Waals surface area contributed by atoms with Gasteiger partial charge in [0.15, 0.2) is 0 Å². The van der Waals surface area contributed by atoms with Crippen LogP contribution in [0.15, 0.2) is 35.1 Å². The Morgan fingerprint density at radius 1 is 1.12 bits per heavy atom. The summed E-state index contributed by atoms with van der Waals surface area (Å²) in [5.74, 6) is 0. The van der Waals surface area contributed by atoms with E-state index in [1.165, 1.54) is 4.68 Å². The van der Waals surface area contributed by atoms with Crippen molar-refractivity contribution in [2.75, 3.05) is 5.32 Å². The number of nitrogens with zero attached hydrogens (tertiary/aromatic N) is 2. The summed E-state index contributed by atoms with van der Waals surface area (Å²) in [6.07, 6.45) is 0. The number of aliphatic hydroxyl groups is 1. The third-order valence-electron chi connectivity index (χ3n) is 4.75. The lowest BCUT2D eigenvalue weighted by atomic mass is 9.86. The van der Waals surface area contributed by atoms with E-state index in [1.807, 2.05) is 30.3 Å². The van der Waals surface area contributed by atoms with Gasteiger partial charge in [-0.25, -0.2) is 9.48 Å². The summed E-state index contributed by atoms with van der Waals surface area (Å²) in [6, 6.07) is 8.66. The second-order valence-electron chi connectivity index (χ2n) is 7.20. The van der Waals surface area contributed by atoms with Crippen molar-refractivity contribution in [2.45, 2.75) is 45.8 Å². The predicted octanol–water partition coefficient (Wildman–Crippen LogP) is 2.16. The molecule has 136 valence electrons. The van der Waals surface area contributed by atoms with Gasteiger partial charge in [-0.3, -0.25) is 9.48 Å². The van der Waals surface area contributed by atoms with Gasteiger partial charge in [-0.15, -0.1) is 0 Å². The summed E-state index contributed by atoms with van der Waals surface area (Å²) in [6.45, 7) is 8.42. The molecule has 2 amide bonds. The summed E-state index contributed by atoms with van der Waals surface area (Å²) in [5, 5.41) is 15.5. The fourth-order valence-electron chi connectivity index (χ4n) is 2.29. The maximum Gasteiger partial charge on any atom is 0.319 e. The molecule has 0 aliphatic heterocycles. The lowest BCUT2D eigenvalue weighted by molar-refractivity contribution is 0.00184. The van der Waals surface area contributed by atoms with Gasteiger partial charge in [-0.2, -0.15) is 0 Å². The summed E-state index contributed by atoms with van der Waals surface area (Å²) in [4.78, 5) is 25.1. The molecular formula is C18H26N4O3. The van der Waals surface area contributed by atoms with Gasteiger partial charge in [-0.05, 0) is 46.8 Å². The van der Waals surface area contributed by atoms with Crippen LogP contribution in [0.2, 0.25) is 0 Å². The number of hydrogen-bond donors (Lipinski definition) is 3. The molecule has 1 aromatic carbocycles. The Bertz CT molecular complexity index is 826. The van der Waals surface area contributed by atoms with Crippen molar-refractivity contribution in [2.24, 2.45) is 7.05 Å². The molecule has 7 nitrogen and oxygen atoms in total. The quantitative estimate of drug-likeness (QED) is 0.793. The Labute approximate surface area is 147 Å². The number of rotatable bonds is 4. The van der Waals surface area contributed by atoms with Gasteiger partial charge in [0.2, 0.25) is 0 Å². The van der Waals surface area contributed by atoms with Crippen molar-refractivity contribution < 1.29 is 9.90 Å². The number of para-hydroxylation sites is 1. The number of carbonyl (C=O) groups is 1. The standard InChI is InChI=1S/C18H26N4O3/c1-12-14(19-16(24)20-17(2,3)18(4,5)25)15(23)22(21(12)6)13-10-8-7-9-11-13/h7-11,25H,1-6H3,(H2,19,20,24). The first-order valence-electron chi connectivity index (χ1n) is 8.11. The molecule has 0 atom stereocenters. The number of nitrogens with one attached hydrogen (secondary N) is 2. The predicted molar refractivity (Wildman–Crippen MR) is 98.3 cm³/mol. The van der Waals surface area contributed by atoms with Crippen molar-refractivity contribution >= 4 is 11.7 Å². The van der Waals surface area contributed by atoms with Gasteiger partial charge >= 0.3 is 6.03 Å². The van der Waals surface area contributed by atoms with Crippen LogP contribution in [0.4, 0.5) is 10.5 Å². The molecule has 1 heterocycles. The zero-order chi connectivity index (χ0) is 19.0. The average molecular weight is 346 g/mol. The molecule has 0 aliphatic carbocycles. The molecule has 0 saturated carbocycles. The van der Waals surface area contributed by atoms with E-state index in [0.717, 1.165) is 0 Å². The number of amides is 2. The van der Waals surface area contributed by atoms with Gasteiger partial charge in [0, 0.05) is 7.05 Å². The van der Waals surface area contributed by atoms with E-state index >= 15 is 0 Å². The first-order chi connectivity index (χ1) is 11.5. The fourth-order valence-corrected chi connectivity index (χ4v) is 2.29. The minimum atomic E-state index is -1.12. The molecule has 2 aromatic rings. The molecule has 25 heavy (non-hydrogen) atoms. The van der Waals surface area contributed by atoms with Crippen LogP contribution in [-0.2, 0) is 7.05 Å². The number of urea groups is 1. The van der Waals surface area contributed by atoms with E-state index in [1.54, 1.807) is 46.3 Å². The van der Waals surface area contributed by atoms with Crippen molar-refractivity contribution in [3.05, 3.63) is 46.4 Å². The van der Waals surface area contributed by atoms with Gasteiger partial charge in [0.05, 0.1) is 22.5 Å². The molecular weight excluding hydrogens is 320 g/mol. The molecule has 0 saturated heterocycles. The molecule has 2 rings (SSSR count). The van der Waals surface area contributed by atoms with Crippen LogP contribution in [0, 0.1) is 6.92 Å². The van der Waals surface area contributed by atoms with E-state index in [-0.39, 0.29) is 11.2 Å². The smallest absolute Gasteiger partial charge is 0.319 e. The lowest BCUT2D eigenvalue weighted by Gasteiger charge is -2.37. The molecule has 0 radical (unpaired) electrons. The van der Waals surface area contributed by atoms with E-state index in [4.69, 9.17) is 0 Å². The zero-order valence-corrected chi connectivity index (χ0v) is 15.5. The van der Waals surface area contributed by atoms with Crippen LogP contribution in [-0.4, -0.2) is 31.6 Å². The fraction of sp³-hybridized carbons (Fsp3) is 0.444. The number of carbonyl (C=O) groups excluding carboxylic acids is 1. The normalized spacial score (nSPS) is 12.1. The molecule has 0 fully saturated rings. The second kappa shape index (κ2) is 6.40. The molecule has 0 bridgehead atoms. The monoisotopic (exact) mass is 346 g/mol. The third-order valence-corrected chi connectivity index (χ3v) is 4.75. The van der Waals surface area contributed by atoms with Crippen molar-refractivity contribution in [1.29, 1.82) is 0 Å². The molecule has 3 N–H and O–H groups in total. The van der Waals surface area contributed by atoms with Crippen molar-refractivity contribution in [3.8, 4) is 5.69 Å². The van der Waals surface area contributed by atoms with Crippen LogP contribution >= 0.6 is 0 Å². The van der Waals surface area contributed by atoms with E-state index in [9.17, 15) is 14.7 Å². The summed E-state index contributed by atoms with van der Waals surface area (Å²) < 4.78 is 3.18. The van der Waals surface area contributed by atoms with Gasteiger partial charge in [0.25, 0.3) is 5.56 Å². The summed E-state index contributed by atoms with van der Waals surface area (Å²) in [5.41, 5.74) is -0.773. The number of benzene rings is 1. The average Bonchev–Trinajstić information content (AvgIpc) is 2.70. The van der Waals surface area contributed by atoms with E-state index in [0.29, 0.717) is 11.4 Å². The minimum Gasteiger partial charge on any atom is -0.388 e. The summed E-state index contributed by atoms with van der Waals surface area (Å²) in [7, 11) is 1.76. The molecule has 0 unspecified atom stereocenters.